The van der Waals surface area contributed by atoms with Gasteiger partial charge in [0, 0.05) is 23.2 Å². The van der Waals surface area contributed by atoms with Crippen LogP contribution < -0.4 is 0 Å². The van der Waals surface area contributed by atoms with Crippen LogP contribution in [0.5, 0.6) is 0 Å². The lowest BCUT2D eigenvalue weighted by Gasteiger charge is -2.38. The van der Waals surface area contributed by atoms with Crippen molar-refractivity contribution in [2.24, 2.45) is 0 Å². The molecule has 0 saturated heterocycles. The van der Waals surface area contributed by atoms with Crippen molar-refractivity contribution in [1.82, 2.24) is 19.9 Å². The lowest BCUT2D eigenvalue weighted by molar-refractivity contribution is 0.838. The molecule has 2 heterocycles. The molecule has 0 aliphatic carbocycles. The summed E-state index contributed by atoms with van der Waals surface area (Å²) in [7, 11) is -3.98. The number of fused-ring (bicyclic) bond motifs is 3. The van der Waals surface area contributed by atoms with Crippen LogP contribution >= 0.6 is 0 Å². The number of rotatable bonds is 6. The molecule has 0 atom stereocenters. The first-order valence-corrected chi connectivity index (χ1v) is 20.1. The summed E-state index contributed by atoms with van der Waals surface area (Å²) in [6, 6.07) is 8.54. The summed E-state index contributed by atoms with van der Waals surface area (Å²) in [6.07, 6.45) is 3.36. The maximum Gasteiger partial charge on any atom is 0.198 e. The van der Waals surface area contributed by atoms with Gasteiger partial charge in [-0.05, 0) is 33.2 Å². The first-order valence-electron chi connectivity index (χ1n) is 15.7. The van der Waals surface area contributed by atoms with Gasteiger partial charge >= 0.3 is 0 Å². The lowest BCUT2D eigenvalue weighted by Crippen LogP contribution is -2.43. The van der Waals surface area contributed by atoms with Crippen LogP contribution in [0.15, 0.2) is 36.7 Å². The van der Waals surface area contributed by atoms with Crippen LogP contribution in [0.3, 0.4) is 0 Å². The molecule has 0 radical (unpaired) electrons. The SMILES string of the molecule is CC(C)[Si](C#Cc1c2ccccc2c(C#C[Si](C(C)C)(C(C)C)C(C)C)c2nc3nccnc3nc12)(C(C)C)C(C)C. The lowest BCUT2D eigenvalue weighted by atomic mass is 9.97. The van der Waals surface area contributed by atoms with Gasteiger partial charge in [0.1, 0.15) is 27.2 Å². The maximum atomic E-state index is 5.09. The summed E-state index contributed by atoms with van der Waals surface area (Å²) >= 11 is 0. The first-order chi connectivity index (χ1) is 19.8. The van der Waals surface area contributed by atoms with Gasteiger partial charge in [0.05, 0.1) is 11.1 Å². The monoisotopic (exact) mass is 592 g/mol. The summed E-state index contributed by atoms with van der Waals surface area (Å²) in [5.74, 6) is 7.51. The molecule has 2 aromatic heterocycles. The second kappa shape index (κ2) is 12.3. The van der Waals surface area contributed by atoms with Crippen molar-refractivity contribution in [3.8, 4) is 22.9 Å². The van der Waals surface area contributed by atoms with Crippen LogP contribution in [0.4, 0.5) is 0 Å². The Morgan fingerprint density at radius 1 is 0.500 bits per heavy atom. The van der Waals surface area contributed by atoms with E-state index >= 15 is 0 Å². The molecule has 2 aromatic carbocycles. The molecule has 4 nitrogen and oxygen atoms in total. The Morgan fingerprint density at radius 3 is 1.10 bits per heavy atom. The third-order valence-corrected chi connectivity index (χ3v) is 22.4. The fraction of sp³-hybridized carbons (Fsp3) is 0.500. The van der Waals surface area contributed by atoms with E-state index in [1.807, 2.05) is 0 Å². The van der Waals surface area contributed by atoms with Gasteiger partial charge in [-0.3, -0.25) is 0 Å². The Balaban J connectivity index is 2.20. The van der Waals surface area contributed by atoms with Crippen LogP contribution in [0.2, 0.25) is 33.2 Å². The van der Waals surface area contributed by atoms with E-state index in [1.54, 1.807) is 12.4 Å². The van der Waals surface area contributed by atoms with E-state index in [4.69, 9.17) is 9.97 Å². The van der Waals surface area contributed by atoms with Gasteiger partial charge in [0.25, 0.3) is 0 Å². The Morgan fingerprint density at radius 2 is 0.810 bits per heavy atom. The van der Waals surface area contributed by atoms with Crippen molar-refractivity contribution in [2.45, 2.75) is 116 Å². The molecule has 0 bridgehead atoms. The standard InChI is InChI=1S/C36H48N4Si2/c1-23(2)41(24(3)4,25(5)6)21-17-31-29-15-13-14-16-30(29)32(18-22-42(26(7)8,27(9)10)28(11)12)34-33(31)39-35-36(40-34)38-20-19-37-35/h13-16,19-20,23-28H,1-12H3. The van der Waals surface area contributed by atoms with Crippen molar-refractivity contribution in [3.05, 3.63) is 47.8 Å². The molecule has 0 saturated carbocycles. The molecule has 220 valence electrons. The van der Waals surface area contributed by atoms with Crippen molar-refractivity contribution in [1.29, 1.82) is 0 Å². The molecule has 0 N–H and O–H groups in total. The highest BCUT2D eigenvalue weighted by molar-refractivity contribution is 6.91. The van der Waals surface area contributed by atoms with Gasteiger partial charge in [-0.2, -0.15) is 0 Å². The van der Waals surface area contributed by atoms with Crippen LogP contribution in [-0.2, 0) is 0 Å². The minimum Gasteiger partial charge on any atom is -0.232 e. The highest BCUT2D eigenvalue weighted by Crippen LogP contribution is 2.42. The molecule has 4 rings (SSSR count). The van der Waals surface area contributed by atoms with Crippen LogP contribution in [0, 0.1) is 22.9 Å². The highest BCUT2D eigenvalue weighted by Gasteiger charge is 2.43. The molecule has 0 amide bonds. The summed E-state index contributed by atoms with van der Waals surface area (Å²) in [5.41, 5.74) is 15.6. The number of hydrogen-bond donors (Lipinski definition) is 0. The second-order valence-corrected chi connectivity index (χ2v) is 24.9. The van der Waals surface area contributed by atoms with E-state index in [0.29, 0.717) is 44.5 Å². The fourth-order valence-corrected chi connectivity index (χ4v) is 18.2. The summed E-state index contributed by atoms with van der Waals surface area (Å²) in [6.45, 7) is 28.3. The Labute approximate surface area is 255 Å². The summed E-state index contributed by atoms with van der Waals surface area (Å²) in [5, 5.41) is 2.17. The average molecular weight is 593 g/mol. The molecule has 0 aliphatic heterocycles. The number of benzene rings is 2. The van der Waals surface area contributed by atoms with Gasteiger partial charge in [0.15, 0.2) is 11.3 Å². The average Bonchev–Trinajstić information content (AvgIpc) is 2.92. The maximum absolute atomic E-state index is 5.09. The zero-order chi connectivity index (χ0) is 31.0. The highest BCUT2D eigenvalue weighted by atomic mass is 28.3. The quantitative estimate of drug-likeness (QED) is 0.127. The molecule has 0 fully saturated rings. The van der Waals surface area contributed by atoms with Crippen molar-refractivity contribution >= 4 is 49.2 Å². The van der Waals surface area contributed by atoms with E-state index in [0.717, 1.165) is 32.9 Å². The molecular formula is C36H48N4Si2. The Hall–Kier alpha value is -3.07. The van der Waals surface area contributed by atoms with Gasteiger partial charge in [-0.15, -0.1) is 11.1 Å². The molecule has 0 spiro atoms. The number of aromatic nitrogens is 4. The first kappa shape index (κ1) is 31.9. The number of nitrogens with zero attached hydrogens (tertiary/aromatic N) is 4. The van der Waals surface area contributed by atoms with Crippen LogP contribution in [0.25, 0.3) is 33.1 Å². The molecule has 0 unspecified atom stereocenters. The van der Waals surface area contributed by atoms with E-state index in [2.05, 4.69) is 140 Å². The fourth-order valence-electron chi connectivity index (χ4n) is 7.78. The van der Waals surface area contributed by atoms with E-state index < -0.39 is 16.1 Å². The second-order valence-electron chi connectivity index (χ2n) is 13.7. The molecule has 4 aromatic rings. The molecule has 42 heavy (non-hydrogen) atoms. The zero-order valence-corrected chi connectivity index (χ0v) is 29.7. The van der Waals surface area contributed by atoms with Crippen LogP contribution in [-0.4, -0.2) is 36.1 Å². The van der Waals surface area contributed by atoms with Gasteiger partial charge in [0.2, 0.25) is 0 Å². The van der Waals surface area contributed by atoms with E-state index in [9.17, 15) is 0 Å². The Bertz CT molecular complexity index is 1560. The summed E-state index contributed by atoms with van der Waals surface area (Å²) < 4.78 is 0. The Kier molecular flexibility index (Phi) is 9.31. The van der Waals surface area contributed by atoms with E-state index in [-0.39, 0.29) is 0 Å². The van der Waals surface area contributed by atoms with Crippen molar-refractivity contribution < 1.29 is 0 Å². The summed E-state index contributed by atoms with van der Waals surface area (Å²) in [4.78, 5) is 19.2. The molecule has 0 aliphatic rings. The largest absolute Gasteiger partial charge is 0.232 e. The predicted molar refractivity (Wildman–Crippen MR) is 186 cm³/mol. The molecular weight excluding hydrogens is 545 g/mol. The third-order valence-electron chi connectivity index (χ3n) is 9.80. The normalized spacial score (nSPS) is 12.7. The van der Waals surface area contributed by atoms with Crippen molar-refractivity contribution in [2.75, 3.05) is 0 Å². The minimum absolute atomic E-state index is 0.534. The minimum atomic E-state index is -1.99. The predicted octanol–water partition coefficient (Wildman–Crippen LogP) is 9.87. The topological polar surface area (TPSA) is 51.6 Å². The van der Waals surface area contributed by atoms with Gasteiger partial charge < -0.3 is 0 Å². The van der Waals surface area contributed by atoms with Gasteiger partial charge in [-0.25, -0.2) is 19.9 Å². The van der Waals surface area contributed by atoms with E-state index in [1.165, 1.54) is 0 Å². The zero-order valence-electron chi connectivity index (χ0n) is 27.7. The third kappa shape index (κ3) is 5.29. The van der Waals surface area contributed by atoms with Crippen molar-refractivity contribution in [3.63, 3.8) is 0 Å². The number of hydrogen-bond acceptors (Lipinski definition) is 4. The molecule has 6 heteroatoms. The van der Waals surface area contributed by atoms with Gasteiger partial charge in [-0.1, -0.05) is 119 Å². The smallest absolute Gasteiger partial charge is 0.198 e. The van der Waals surface area contributed by atoms with Crippen LogP contribution in [0.1, 0.15) is 94.2 Å².